The lowest BCUT2D eigenvalue weighted by Crippen LogP contribution is -2.30. The summed E-state index contributed by atoms with van der Waals surface area (Å²) < 4.78 is 66.3. The zero-order chi connectivity index (χ0) is 24.2. The molecule has 2 aromatic heterocycles. The lowest BCUT2D eigenvalue weighted by atomic mass is 10.1. The molecule has 2 N–H and O–H groups in total. The van der Waals surface area contributed by atoms with Crippen LogP contribution in [0.25, 0.3) is 21.8 Å². The van der Waals surface area contributed by atoms with E-state index in [-0.39, 0.29) is 19.0 Å². The Bertz CT molecular complexity index is 1400. The summed E-state index contributed by atoms with van der Waals surface area (Å²) in [5.41, 5.74) is 7.90. The smallest absolute Gasteiger partial charge is 0.310 e. The molecule has 0 atom stereocenters. The van der Waals surface area contributed by atoms with Crippen LogP contribution in [0.1, 0.15) is 22.8 Å². The number of amides is 1. The van der Waals surface area contributed by atoms with Crippen molar-refractivity contribution in [1.29, 1.82) is 0 Å². The Morgan fingerprint density at radius 2 is 1.73 bits per heavy atom. The summed E-state index contributed by atoms with van der Waals surface area (Å²) in [5.74, 6) is -0.0572. The number of anilines is 1. The number of pyridine rings is 1. The molecule has 0 saturated heterocycles. The molecule has 2 heterocycles. The highest BCUT2D eigenvalue weighted by Gasteiger charge is 2.65. The molecule has 0 aliphatic rings. The molecule has 12 heteroatoms. The molecule has 6 nitrogen and oxygen atoms in total. The van der Waals surface area contributed by atoms with Gasteiger partial charge < -0.3 is 10.6 Å². The lowest BCUT2D eigenvalue weighted by Gasteiger charge is -2.40. The van der Waals surface area contributed by atoms with E-state index in [0.717, 1.165) is 12.1 Å². The summed E-state index contributed by atoms with van der Waals surface area (Å²) in [4.78, 5) is 16.9. The first kappa shape index (κ1) is 22.8. The Labute approximate surface area is 185 Å². The number of nitrogens with two attached hydrogens (primary N) is 1. The van der Waals surface area contributed by atoms with Crippen molar-refractivity contribution < 1.29 is 24.2 Å². The van der Waals surface area contributed by atoms with Crippen LogP contribution in [-0.2, 0) is 13.6 Å². The summed E-state index contributed by atoms with van der Waals surface area (Å²) in [6.45, 7) is 1.92. The van der Waals surface area contributed by atoms with Gasteiger partial charge in [0.1, 0.15) is 10.7 Å². The summed E-state index contributed by atoms with van der Waals surface area (Å²) in [6, 6.07) is 7.50. The first-order valence-corrected chi connectivity index (χ1v) is 11.8. The Morgan fingerprint density at radius 1 is 1.06 bits per heavy atom. The van der Waals surface area contributed by atoms with E-state index in [1.54, 1.807) is 43.0 Å². The fraction of sp³-hybridized carbons (Fsp3) is 0.190. The largest absolute Gasteiger partial charge is 0.383 e. The zero-order valence-corrected chi connectivity index (χ0v) is 18.4. The van der Waals surface area contributed by atoms with Gasteiger partial charge in [0.15, 0.2) is 0 Å². The standard InChI is InChI=1S/C21H20F5N5OS/c1-3-31(12-13-4-7-15(8-5-13)33(22,23,24,25)26)21(32)14-6-9-18-16(10-14)19-17(20(27)29-18)11-28-30(19)2/h4-11H,3,12H2,1-2H3,(H2,27,29). The minimum absolute atomic E-state index is 0.0466. The monoisotopic (exact) mass is 485 g/mol. The topological polar surface area (TPSA) is 77.0 Å². The van der Waals surface area contributed by atoms with Crippen LogP contribution in [0.15, 0.2) is 53.6 Å². The summed E-state index contributed by atoms with van der Waals surface area (Å²) in [7, 11) is -8.00. The minimum atomic E-state index is -9.74. The molecule has 176 valence electrons. The number of carbonyl (C=O) groups is 1. The molecule has 2 aromatic carbocycles. The maximum absolute atomic E-state index is 13.1. The number of aromatic nitrogens is 3. The third-order valence-corrected chi connectivity index (χ3v) is 6.53. The molecule has 0 aliphatic carbocycles. The second kappa shape index (κ2) is 6.80. The van der Waals surface area contributed by atoms with Gasteiger partial charge in [-0.3, -0.25) is 9.48 Å². The van der Waals surface area contributed by atoms with E-state index in [1.165, 1.54) is 4.90 Å². The number of hydrogen-bond acceptors (Lipinski definition) is 4. The molecule has 0 fully saturated rings. The average molecular weight is 485 g/mol. The number of nitrogen functional groups attached to an aromatic ring is 1. The number of carbonyl (C=O) groups excluding carboxylic acids is 1. The van der Waals surface area contributed by atoms with E-state index in [4.69, 9.17) is 5.73 Å². The van der Waals surface area contributed by atoms with Crippen molar-refractivity contribution in [2.45, 2.75) is 18.4 Å². The minimum Gasteiger partial charge on any atom is -0.383 e. The molecule has 0 radical (unpaired) electrons. The van der Waals surface area contributed by atoms with Crippen molar-refractivity contribution in [3.05, 3.63) is 59.8 Å². The van der Waals surface area contributed by atoms with E-state index < -0.39 is 15.1 Å². The quantitative estimate of drug-likeness (QED) is 0.351. The molecule has 0 spiro atoms. The van der Waals surface area contributed by atoms with Crippen LogP contribution in [0, 0.1) is 0 Å². The van der Waals surface area contributed by atoms with Gasteiger partial charge in [-0.25, -0.2) is 4.98 Å². The van der Waals surface area contributed by atoms with Crippen molar-refractivity contribution >= 4 is 43.8 Å². The van der Waals surface area contributed by atoms with Gasteiger partial charge >= 0.3 is 10.2 Å². The van der Waals surface area contributed by atoms with E-state index in [1.807, 2.05) is 0 Å². The maximum atomic E-state index is 13.1. The summed E-state index contributed by atoms with van der Waals surface area (Å²) >= 11 is 0. The highest BCUT2D eigenvalue weighted by atomic mass is 32.5. The third-order valence-electron chi connectivity index (χ3n) is 5.37. The molecular formula is C21H20F5N5OS. The number of halogens is 5. The molecule has 0 aliphatic heterocycles. The van der Waals surface area contributed by atoms with Crippen molar-refractivity contribution in [2.75, 3.05) is 12.3 Å². The van der Waals surface area contributed by atoms with Crippen LogP contribution in [-0.4, -0.2) is 32.1 Å². The van der Waals surface area contributed by atoms with E-state index in [9.17, 15) is 24.2 Å². The van der Waals surface area contributed by atoms with Crippen molar-refractivity contribution in [3.63, 3.8) is 0 Å². The van der Waals surface area contributed by atoms with Gasteiger partial charge in [0.25, 0.3) is 5.91 Å². The van der Waals surface area contributed by atoms with Gasteiger partial charge in [-0.05, 0) is 42.8 Å². The number of benzene rings is 2. The van der Waals surface area contributed by atoms with Crippen LogP contribution >= 0.6 is 10.2 Å². The fourth-order valence-electron chi connectivity index (χ4n) is 3.67. The second-order valence-electron chi connectivity index (χ2n) is 7.69. The van der Waals surface area contributed by atoms with E-state index >= 15 is 0 Å². The molecule has 0 saturated carbocycles. The van der Waals surface area contributed by atoms with Crippen LogP contribution in [0.4, 0.5) is 25.2 Å². The van der Waals surface area contributed by atoms with E-state index in [2.05, 4.69) is 10.1 Å². The molecule has 4 aromatic rings. The first-order chi connectivity index (χ1) is 15.2. The summed E-state index contributed by atoms with van der Waals surface area (Å²) in [5, 5.41) is 5.51. The van der Waals surface area contributed by atoms with Crippen LogP contribution in [0.5, 0.6) is 0 Å². The molecule has 1 amide bonds. The highest BCUT2D eigenvalue weighted by Crippen LogP contribution is 3.02. The first-order valence-electron chi connectivity index (χ1n) is 9.81. The Hall–Kier alpha value is -3.41. The average Bonchev–Trinajstić information content (AvgIpc) is 3.12. The maximum Gasteiger partial charge on any atom is 0.310 e. The second-order valence-corrected chi connectivity index (χ2v) is 10.1. The Balaban J connectivity index is 1.66. The number of aryl methyl sites for hydroxylation is 1. The molecule has 0 unspecified atom stereocenters. The number of hydrogen-bond donors (Lipinski definition) is 1. The molecule has 33 heavy (non-hydrogen) atoms. The molecular weight excluding hydrogens is 465 g/mol. The van der Waals surface area contributed by atoms with Gasteiger partial charge in [-0.1, -0.05) is 31.6 Å². The number of fused-ring (bicyclic) bond motifs is 3. The van der Waals surface area contributed by atoms with Crippen molar-refractivity contribution in [2.24, 2.45) is 7.05 Å². The van der Waals surface area contributed by atoms with Gasteiger partial charge in [0.2, 0.25) is 0 Å². The zero-order valence-electron chi connectivity index (χ0n) is 17.6. The Kier molecular flexibility index (Phi) is 4.69. The highest BCUT2D eigenvalue weighted by molar-refractivity contribution is 8.45. The molecule has 0 bridgehead atoms. The predicted molar refractivity (Wildman–Crippen MR) is 119 cm³/mol. The van der Waals surface area contributed by atoms with Gasteiger partial charge in [0.05, 0.1) is 22.6 Å². The van der Waals surface area contributed by atoms with Crippen LogP contribution in [0.3, 0.4) is 0 Å². The third kappa shape index (κ3) is 4.30. The van der Waals surface area contributed by atoms with Crippen LogP contribution in [0.2, 0.25) is 0 Å². The lowest BCUT2D eigenvalue weighted by molar-refractivity contribution is 0.0752. The SMILES string of the molecule is CCN(Cc1ccc(S(F)(F)(F)(F)F)cc1)C(=O)c1ccc2nc(N)c3cnn(C)c3c2c1. The van der Waals surface area contributed by atoms with Gasteiger partial charge in [-0.2, -0.15) is 5.10 Å². The predicted octanol–water partition coefficient (Wildman–Crippen LogP) is 6.02. The van der Waals surface area contributed by atoms with E-state index in [0.29, 0.717) is 50.9 Å². The van der Waals surface area contributed by atoms with Crippen molar-refractivity contribution in [1.82, 2.24) is 19.7 Å². The Morgan fingerprint density at radius 3 is 2.33 bits per heavy atom. The van der Waals surface area contributed by atoms with Crippen molar-refractivity contribution in [3.8, 4) is 0 Å². The van der Waals surface area contributed by atoms with Gasteiger partial charge in [0, 0.05) is 31.1 Å². The normalized spacial score (nSPS) is 14.3. The van der Waals surface area contributed by atoms with Crippen LogP contribution < -0.4 is 5.73 Å². The summed E-state index contributed by atoms with van der Waals surface area (Å²) in [6.07, 6.45) is 1.58. The number of nitrogens with zero attached hydrogens (tertiary/aromatic N) is 4. The number of rotatable bonds is 5. The molecule has 4 rings (SSSR count). The van der Waals surface area contributed by atoms with Gasteiger partial charge in [-0.15, -0.1) is 0 Å². The fourth-order valence-corrected chi connectivity index (χ4v) is 4.32.